The van der Waals surface area contributed by atoms with Gasteiger partial charge in [0, 0.05) is 6.54 Å². The molecule has 0 aromatic rings. The Morgan fingerprint density at radius 2 is 1.86 bits per heavy atom. The first-order valence-electron chi connectivity index (χ1n) is 5.16. The molecule has 0 radical (unpaired) electrons. The molecule has 0 aromatic carbocycles. The predicted octanol–water partition coefficient (Wildman–Crippen LogP) is 0.470. The number of amides is 1. The number of Topliss-reactive ketones (excluding diaryl/α,β-unsaturated/α-hetero) is 1. The van der Waals surface area contributed by atoms with E-state index in [9.17, 15) is 9.59 Å². The van der Waals surface area contributed by atoms with Crippen LogP contribution < -0.4 is 10.6 Å². The van der Waals surface area contributed by atoms with Crippen molar-refractivity contribution in [3.63, 3.8) is 0 Å². The first kappa shape index (κ1) is 13.1. The highest BCUT2D eigenvalue weighted by Crippen LogP contribution is 1.97. The van der Waals surface area contributed by atoms with E-state index in [-0.39, 0.29) is 11.8 Å². The second kappa shape index (κ2) is 7.50. The van der Waals surface area contributed by atoms with Gasteiger partial charge in [0.1, 0.15) is 0 Å². The summed E-state index contributed by atoms with van der Waals surface area (Å²) < 4.78 is 0. The maximum Gasteiger partial charge on any atom is 0.289 e. The van der Waals surface area contributed by atoms with Gasteiger partial charge in [-0.2, -0.15) is 0 Å². The van der Waals surface area contributed by atoms with Crippen LogP contribution in [0.15, 0.2) is 0 Å². The van der Waals surface area contributed by atoms with Crippen molar-refractivity contribution in [2.75, 3.05) is 13.6 Å². The molecule has 0 fully saturated rings. The number of carbonyl (C=O) groups excluding carboxylic acids is 2. The molecule has 0 aliphatic rings. The summed E-state index contributed by atoms with van der Waals surface area (Å²) in [4.78, 5) is 22.8. The molecule has 4 heteroatoms. The van der Waals surface area contributed by atoms with Crippen molar-refractivity contribution in [1.29, 1.82) is 0 Å². The summed E-state index contributed by atoms with van der Waals surface area (Å²) in [5.74, 6) is -0.831. The van der Waals surface area contributed by atoms with Gasteiger partial charge in [-0.05, 0) is 19.9 Å². The number of hydrogen-bond donors (Lipinski definition) is 2. The highest BCUT2D eigenvalue weighted by atomic mass is 16.2. The van der Waals surface area contributed by atoms with Crippen molar-refractivity contribution in [2.24, 2.45) is 0 Å². The van der Waals surface area contributed by atoms with Gasteiger partial charge < -0.3 is 10.6 Å². The Morgan fingerprint density at radius 3 is 2.29 bits per heavy atom. The zero-order valence-corrected chi connectivity index (χ0v) is 9.22. The smallest absolute Gasteiger partial charge is 0.289 e. The molecule has 14 heavy (non-hydrogen) atoms. The van der Waals surface area contributed by atoms with Crippen LogP contribution >= 0.6 is 0 Å². The van der Waals surface area contributed by atoms with Gasteiger partial charge >= 0.3 is 0 Å². The van der Waals surface area contributed by atoms with Crippen molar-refractivity contribution in [1.82, 2.24) is 10.6 Å². The van der Waals surface area contributed by atoms with Gasteiger partial charge in [0.05, 0.1) is 6.04 Å². The number of likely N-dealkylation sites (N-methyl/N-ethyl adjacent to an activating group) is 1. The average molecular weight is 200 g/mol. The Labute approximate surface area is 85.4 Å². The lowest BCUT2D eigenvalue weighted by Gasteiger charge is -2.12. The molecule has 0 heterocycles. The van der Waals surface area contributed by atoms with Crippen molar-refractivity contribution in [3.05, 3.63) is 0 Å². The van der Waals surface area contributed by atoms with Crippen LogP contribution in [0.3, 0.4) is 0 Å². The van der Waals surface area contributed by atoms with Gasteiger partial charge in [-0.25, -0.2) is 0 Å². The van der Waals surface area contributed by atoms with E-state index in [1.54, 1.807) is 7.05 Å². The van der Waals surface area contributed by atoms with E-state index >= 15 is 0 Å². The number of rotatable bonds is 7. The molecule has 1 amide bonds. The lowest BCUT2D eigenvalue weighted by Crippen LogP contribution is -2.44. The third kappa shape index (κ3) is 4.37. The van der Waals surface area contributed by atoms with E-state index in [1.165, 1.54) is 0 Å². The fourth-order valence-corrected chi connectivity index (χ4v) is 1.18. The highest BCUT2D eigenvalue weighted by Gasteiger charge is 2.22. The van der Waals surface area contributed by atoms with Crippen molar-refractivity contribution in [2.45, 2.75) is 39.2 Å². The summed E-state index contributed by atoms with van der Waals surface area (Å²) in [7, 11) is 1.70. The zero-order valence-electron chi connectivity index (χ0n) is 9.22. The molecule has 0 aliphatic heterocycles. The highest BCUT2D eigenvalue weighted by molar-refractivity contribution is 6.38. The maximum absolute atomic E-state index is 11.5. The van der Waals surface area contributed by atoms with Crippen LogP contribution in [0.5, 0.6) is 0 Å². The Hall–Kier alpha value is -0.900. The number of nitrogens with one attached hydrogen (secondary N) is 2. The second-order valence-electron chi connectivity index (χ2n) is 3.25. The molecule has 82 valence electrons. The molecular weight excluding hydrogens is 180 g/mol. The number of ketones is 1. The van der Waals surface area contributed by atoms with Crippen LogP contribution in [0.25, 0.3) is 0 Å². The quantitative estimate of drug-likeness (QED) is 0.587. The van der Waals surface area contributed by atoms with Crippen LogP contribution in [-0.2, 0) is 9.59 Å². The fourth-order valence-electron chi connectivity index (χ4n) is 1.18. The van der Waals surface area contributed by atoms with E-state index < -0.39 is 5.91 Å². The summed E-state index contributed by atoms with van der Waals surface area (Å²) in [6, 6.07) is -0.336. The molecule has 0 bridgehead atoms. The molecule has 0 spiro atoms. The van der Waals surface area contributed by atoms with E-state index in [0.29, 0.717) is 13.0 Å². The molecule has 0 saturated heterocycles. The number of carbonyl (C=O) groups is 2. The molecule has 0 aliphatic carbocycles. The minimum atomic E-state index is -0.473. The van der Waals surface area contributed by atoms with Gasteiger partial charge in [-0.3, -0.25) is 9.59 Å². The third-order valence-corrected chi connectivity index (χ3v) is 2.00. The van der Waals surface area contributed by atoms with Crippen LogP contribution in [0.2, 0.25) is 0 Å². The SMILES string of the molecule is CCCNC(=O)C(=O)C(CCC)NC. The van der Waals surface area contributed by atoms with Crippen molar-refractivity contribution < 1.29 is 9.59 Å². The topological polar surface area (TPSA) is 58.2 Å². The van der Waals surface area contributed by atoms with Crippen molar-refractivity contribution >= 4 is 11.7 Å². The Kier molecular flexibility index (Phi) is 7.02. The molecule has 1 atom stereocenters. The average Bonchev–Trinajstić information content (AvgIpc) is 2.21. The third-order valence-electron chi connectivity index (χ3n) is 2.00. The van der Waals surface area contributed by atoms with Gasteiger partial charge in [-0.15, -0.1) is 0 Å². The maximum atomic E-state index is 11.5. The van der Waals surface area contributed by atoms with E-state index in [4.69, 9.17) is 0 Å². The normalized spacial score (nSPS) is 12.2. The molecule has 0 saturated carbocycles. The lowest BCUT2D eigenvalue weighted by molar-refractivity contribution is -0.139. The zero-order chi connectivity index (χ0) is 11.0. The Balaban J connectivity index is 4.06. The standard InChI is InChI=1S/C10H20N2O2/c1-4-6-8(11-3)9(13)10(14)12-7-5-2/h8,11H,4-7H2,1-3H3,(H,12,14). The van der Waals surface area contributed by atoms with E-state index in [1.807, 2.05) is 13.8 Å². The molecule has 0 aromatic heterocycles. The van der Waals surface area contributed by atoms with Gasteiger partial charge in [-0.1, -0.05) is 20.3 Å². The van der Waals surface area contributed by atoms with Crippen LogP contribution in [-0.4, -0.2) is 31.3 Å². The lowest BCUT2D eigenvalue weighted by atomic mass is 10.1. The molecular formula is C10H20N2O2. The van der Waals surface area contributed by atoms with Crippen LogP contribution in [0.4, 0.5) is 0 Å². The van der Waals surface area contributed by atoms with Gasteiger partial charge in [0.2, 0.25) is 5.78 Å². The van der Waals surface area contributed by atoms with Crippen LogP contribution in [0, 0.1) is 0 Å². The minimum absolute atomic E-state index is 0.336. The summed E-state index contributed by atoms with van der Waals surface area (Å²) in [6.07, 6.45) is 2.43. The fraction of sp³-hybridized carbons (Fsp3) is 0.800. The molecule has 1 unspecified atom stereocenters. The monoisotopic (exact) mass is 200 g/mol. The summed E-state index contributed by atoms with van der Waals surface area (Å²) in [5, 5.41) is 5.43. The predicted molar refractivity (Wildman–Crippen MR) is 56.1 cm³/mol. The number of hydrogen-bond acceptors (Lipinski definition) is 3. The van der Waals surface area contributed by atoms with Crippen LogP contribution in [0.1, 0.15) is 33.1 Å². The van der Waals surface area contributed by atoms with Gasteiger partial charge in [0.25, 0.3) is 5.91 Å². The summed E-state index contributed by atoms with van der Waals surface area (Å²) in [6.45, 7) is 4.50. The Morgan fingerprint density at radius 1 is 1.21 bits per heavy atom. The van der Waals surface area contributed by atoms with E-state index in [0.717, 1.165) is 12.8 Å². The summed E-state index contributed by atoms with van der Waals surface area (Å²) in [5.41, 5.74) is 0. The second-order valence-corrected chi connectivity index (χ2v) is 3.25. The Bertz CT molecular complexity index is 193. The first-order valence-corrected chi connectivity index (χ1v) is 5.16. The first-order chi connectivity index (χ1) is 6.67. The molecule has 2 N–H and O–H groups in total. The van der Waals surface area contributed by atoms with E-state index in [2.05, 4.69) is 10.6 Å². The molecule has 4 nitrogen and oxygen atoms in total. The minimum Gasteiger partial charge on any atom is -0.349 e. The largest absolute Gasteiger partial charge is 0.349 e. The summed E-state index contributed by atoms with van der Waals surface area (Å²) >= 11 is 0. The van der Waals surface area contributed by atoms with Gasteiger partial charge in [0.15, 0.2) is 0 Å². The van der Waals surface area contributed by atoms with Crippen molar-refractivity contribution in [3.8, 4) is 0 Å². The molecule has 0 rings (SSSR count).